The molecule has 1 aliphatic rings. The molecular formula is C18H24N4O2S. The number of nitrogens with zero attached hydrogens (tertiary/aromatic N) is 4. The lowest BCUT2D eigenvalue weighted by Gasteiger charge is -2.29. The van der Waals surface area contributed by atoms with Crippen LogP contribution in [0.25, 0.3) is 0 Å². The summed E-state index contributed by atoms with van der Waals surface area (Å²) in [6.07, 6.45) is 2.40. The number of hydrogen-bond acceptors (Lipinski definition) is 6. The Morgan fingerprint density at radius 3 is 2.48 bits per heavy atom. The summed E-state index contributed by atoms with van der Waals surface area (Å²) >= 11 is 0. The van der Waals surface area contributed by atoms with Gasteiger partial charge in [0.15, 0.2) is 9.84 Å². The van der Waals surface area contributed by atoms with Gasteiger partial charge in [-0.1, -0.05) is 18.2 Å². The molecule has 25 heavy (non-hydrogen) atoms. The molecule has 0 radical (unpaired) electrons. The van der Waals surface area contributed by atoms with Crippen molar-refractivity contribution in [3.63, 3.8) is 0 Å². The van der Waals surface area contributed by atoms with Crippen LogP contribution in [0.15, 0.2) is 42.6 Å². The van der Waals surface area contributed by atoms with Crippen molar-refractivity contribution in [2.24, 2.45) is 0 Å². The molecule has 1 saturated heterocycles. The van der Waals surface area contributed by atoms with Crippen LogP contribution in [0.4, 0.5) is 17.5 Å². The molecule has 1 aliphatic heterocycles. The zero-order valence-electron chi connectivity index (χ0n) is 14.7. The molecular weight excluding hydrogens is 336 g/mol. The van der Waals surface area contributed by atoms with Crippen molar-refractivity contribution < 1.29 is 8.42 Å². The van der Waals surface area contributed by atoms with Gasteiger partial charge in [-0.15, -0.1) is 0 Å². The van der Waals surface area contributed by atoms with E-state index in [9.17, 15) is 8.42 Å². The molecule has 0 saturated carbocycles. The Morgan fingerprint density at radius 1 is 1.12 bits per heavy atom. The molecule has 0 amide bonds. The number of anilines is 3. The molecule has 0 spiro atoms. The van der Waals surface area contributed by atoms with Crippen LogP contribution in [0.3, 0.4) is 0 Å². The van der Waals surface area contributed by atoms with Gasteiger partial charge in [-0.2, -0.15) is 4.98 Å². The highest BCUT2D eigenvalue weighted by atomic mass is 32.2. The largest absolute Gasteiger partial charge is 0.353 e. The normalized spacial score (nSPS) is 18.9. The summed E-state index contributed by atoms with van der Waals surface area (Å²) in [6.45, 7) is 5.55. The summed E-state index contributed by atoms with van der Waals surface area (Å²) in [6, 6.07) is 11.9. The molecule has 1 aromatic carbocycles. The van der Waals surface area contributed by atoms with E-state index in [2.05, 4.69) is 16.8 Å². The minimum atomic E-state index is -2.93. The second-order valence-corrected chi connectivity index (χ2v) is 8.37. The first-order valence-electron chi connectivity index (χ1n) is 8.66. The number of benzene rings is 1. The van der Waals surface area contributed by atoms with Crippen LogP contribution in [-0.2, 0) is 9.84 Å². The van der Waals surface area contributed by atoms with Crippen LogP contribution in [0, 0.1) is 0 Å². The summed E-state index contributed by atoms with van der Waals surface area (Å²) < 4.78 is 23.7. The van der Waals surface area contributed by atoms with E-state index in [0.717, 1.165) is 18.1 Å². The zero-order valence-corrected chi connectivity index (χ0v) is 15.5. The van der Waals surface area contributed by atoms with E-state index >= 15 is 0 Å². The van der Waals surface area contributed by atoms with Gasteiger partial charge >= 0.3 is 0 Å². The van der Waals surface area contributed by atoms with E-state index in [4.69, 9.17) is 4.98 Å². The molecule has 0 aliphatic carbocycles. The van der Waals surface area contributed by atoms with Crippen molar-refractivity contribution in [2.75, 3.05) is 34.4 Å². The maximum absolute atomic E-state index is 11.8. The van der Waals surface area contributed by atoms with Gasteiger partial charge in [0, 0.05) is 31.0 Å². The highest BCUT2D eigenvalue weighted by Crippen LogP contribution is 2.26. The summed E-state index contributed by atoms with van der Waals surface area (Å²) in [4.78, 5) is 13.3. The minimum absolute atomic E-state index is 0.00967. The number of sulfone groups is 1. The number of hydrogen-bond donors (Lipinski definition) is 0. The Labute approximate surface area is 149 Å². The highest BCUT2D eigenvalue weighted by Gasteiger charge is 2.32. The Morgan fingerprint density at radius 2 is 1.88 bits per heavy atom. The van der Waals surface area contributed by atoms with Crippen molar-refractivity contribution in [1.29, 1.82) is 0 Å². The third-order valence-corrected chi connectivity index (χ3v) is 6.29. The third-order valence-electron chi connectivity index (χ3n) is 4.54. The first-order valence-corrected chi connectivity index (χ1v) is 10.5. The molecule has 1 aromatic heterocycles. The standard InChI is InChI=1S/C18H24N4O2S/c1-3-21(16-11-13-25(23,24)14-16)17-10-12-19-18(20-17)22(4-2)15-8-6-5-7-9-15/h5-10,12,16H,3-4,11,13-14H2,1-2H3. The van der Waals surface area contributed by atoms with Crippen LogP contribution in [0.1, 0.15) is 20.3 Å². The predicted octanol–water partition coefficient (Wildman–Crippen LogP) is 2.65. The van der Waals surface area contributed by atoms with E-state index < -0.39 is 9.84 Å². The van der Waals surface area contributed by atoms with Gasteiger partial charge in [0.05, 0.1) is 11.5 Å². The molecule has 0 N–H and O–H groups in total. The minimum Gasteiger partial charge on any atom is -0.353 e. The molecule has 2 aromatic rings. The Hall–Kier alpha value is -2.15. The fourth-order valence-corrected chi connectivity index (χ4v) is 5.04. The van der Waals surface area contributed by atoms with Gasteiger partial charge in [-0.25, -0.2) is 13.4 Å². The average Bonchev–Trinajstić information content (AvgIpc) is 2.97. The molecule has 1 atom stereocenters. The maximum Gasteiger partial charge on any atom is 0.231 e. The first kappa shape index (κ1) is 17.7. The third kappa shape index (κ3) is 3.92. The Bertz CT molecular complexity index is 811. The predicted molar refractivity (Wildman–Crippen MR) is 101 cm³/mol. The highest BCUT2D eigenvalue weighted by molar-refractivity contribution is 7.91. The fraction of sp³-hybridized carbons (Fsp3) is 0.444. The molecule has 7 heteroatoms. The monoisotopic (exact) mass is 360 g/mol. The Kier molecular flexibility index (Phi) is 5.22. The number of rotatable bonds is 6. The second kappa shape index (κ2) is 7.39. The van der Waals surface area contributed by atoms with Crippen LogP contribution in [-0.4, -0.2) is 49.0 Å². The Balaban J connectivity index is 1.90. The van der Waals surface area contributed by atoms with E-state index in [0.29, 0.717) is 18.9 Å². The maximum atomic E-state index is 11.8. The molecule has 2 heterocycles. The van der Waals surface area contributed by atoms with Gasteiger partial charge < -0.3 is 9.80 Å². The second-order valence-electron chi connectivity index (χ2n) is 6.14. The van der Waals surface area contributed by atoms with Crippen molar-refractivity contribution in [3.05, 3.63) is 42.6 Å². The van der Waals surface area contributed by atoms with Gasteiger partial charge in [0.1, 0.15) is 5.82 Å². The number of para-hydroxylation sites is 1. The van der Waals surface area contributed by atoms with Gasteiger partial charge in [0.2, 0.25) is 5.95 Å². The first-order chi connectivity index (χ1) is 12.0. The van der Waals surface area contributed by atoms with E-state index in [1.54, 1.807) is 6.20 Å². The van der Waals surface area contributed by atoms with Crippen LogP contribution in [0.5, 0.6) is 0 Å². The summed E-state index contributed by atoms with van der Waals surface area (Å²) in [7, 11) is -2.93. The molecule has 0 bridgehead atoms. The smallest absolute Gasteiger partial charge is 0.231 e. The molecule has 1 fully saturated rings. The van der Waals surface area contributed by atoms with Gasteiger partial charge in [-0.05, 0) is 38.5 Å². The van der Waals surface area contributed by atoms with Crippen LogP contribution < -0.4 is 9.80 Å². The van der Waals surface area contributed by atoms with Crippen LogP contribution >= 0.6 is 0 Å². The summed E-state index contributed by atoms with van der Waals surface area (Å²) in [5, 5.41) is 0. The molecule has 1 unspecified atom stereocenters. The van der Waals surface area contributed by atoms with Gasteiger partial charge in [0.25, 0.3) is 0 Å². The quantitative estimate of drug-likeness (QED) is 0.789. The van der Waals surface area contributed by atoms with Crippen molar-refractivity contribution in [2.45, 2.75) is 26.3 Å². The molecule has 6 nitrogen and oxygen atoms in total. The van der Waals surface area contributed by atoms with Gasteiger partial charge in [-0.3, -0.25) is 0 Å². The lowest BCUT2D eigenvalue weighted by Crippen LogP contribution is -2.37. The fourth-order valence-electron chi connectivity index (χ4n) is 3.31. The van der Waals surface area contributed by atoms with Crippen molar-refractivity contribution >= 4 is 27.3 Å². The summed E-state index contributed by atoms with van der Waals surface area (Å²) in [5.41, 5.74) is 1.04. The van der Waals surface area contributed by atoms with E-state index in [1.807, 2.05) is 48.2 Å². The number of aromatic nitrogens is 2. The SMILES string of the molecule is CCN(c1ccccc1)c1nccc(N(CC)C2CCS(=O)(=O)C2)n1. The lowest BCUT2D eigenvalue weighted by atomic mass is 10.2. The topological polar surface area (TPSA) is 66.4 Å². The van der Waals surface area contributed by atoms with Crippen LogP contribution in [0.2, 0.25) is 0 Å². The zero-order chi connectivity index (χ0) is 17.9. The molecule has 134 valence electrons. The average molecular weight is 360 g/mol. The van der Waals surface area contributed by atoms with Crippen molar-refractivity contribution in [1.82, 2.24) is 9.97 Å². The van der Waals surface area contributed by atoms with Crippen molar-refractivity contribution in [3.8, 4) is 0 Å². The lowest BCUT2D eigenvalue weighted by molar-refractivity contribution is 0.599. The van der Waals surface area contributed by atoms with E-state index in [1.165, 1.54) is 0 Å². The molecule has 3 rings (SSSR count). The van der Waals surface area contributed by atoms with E-state index in [-0.39, 0.29) is 17.5 Å². The summed E-state index contributed by atoms with van der Waals surface area (Å²) in [5.74, 6) is 1.88.